The first-order valence-electron chi connectivity index (χ1n) is 6.31. The van der Waals surface area contributed by atoms with Gasteiger partial charge in [-0.05, 0) is 56.8 Å². The third kappa shape index (κ3) is 3.18. The summed E-state index contributed by atoms with van der Waals surface area (Å²) in [6.07, 6.45) is 2.26. The van der Waals surface area contributed by atoms with Crippen LogP contribution in [0.1, 0.15) is 30.3 Å². The third-order valence-electron chi connectivity index (χ3n) is 3.10. The van der Waals surface area contributed by atoms with Gasteiger partial charge in [-0.15, -0.1) is 11.8 Å². The van der Waals surface area contributed by atoms with E-state index in [0.717, 1.165) is 33.7 Å². The molecule has 2 aromatic rings. The molecule has 1 saturated carbocycles. The van der Waals surface area contributed by atoms with Gasteiger partial charge in [0.25, 0.3) is 5.56 Å². The van der Waals surface area contributed by atoms with Crippen LogP contribution in [-0.4, -0.2) is 9.97 Å². The van der Waals surface area contributed by atoms with Gasteiger partial charge in [-0.25, -0.2) is 4.98 Å². The second-order valence-electron chi connectivity index (χ2n) is 4.71. The van der Waals surface area contributed by atoms with Crippen LogP contribution in [0.15, 0.2) is 42.9 Å². The lowest BCUT2D eigenvalue weighted by molar-refractivity contribution is 0.899. The molecule has 104 valence electrons. The van der Waals surface area contributed by atoms with Crippen LogP contribution in [0.5, 0.6) is 0 Å². The molecule has 0 unspecified atom stereocenters. The van der Waals surface area contributed by atoms with Crippen LogP contribution in [0.3, 0.4) is 0 Å². The summed E-state index contributed by atoms with van der Waals surface area (Å²) in [5.74, 6) is 1.85. The van der Waals surface area contributed by atoms with E-state index in [1.165, 1.54) is 0 Å². The molecule has 0 aliphatic heterocycles. The number of rotatable bonds is 4. The molecular formula is C14H12Br2N2OS. The van der Waals surface area contributed by atoms with Gasteiger partial charge in [0, 0.05) is 15.3 Å². The second-order valence-corrected chi connectivity index (χ2v) is 7.37. The van der Waals surface area contributed by atoms with Crippen molar-refractivity contribution in [1.82, 2.24) is 9.97 Å². The number of hydrogen-bond donors (Lipinski definition) is 1. The summed E-state index contributed by atoms with van der Waals surface area (Å²) in [6, 6.07) is 8.04. The van der Waals surface area contributed by atoms with Crippen LogP contribution in [0, 0.1) is 0 Å². The highest BCUT2D eigenvalue weighted by Crippen LogP contribution is 2.41. The molecule has 1 aliphatic rings. The molecule has 1 aliphatic carbocycles. The molecule has 1 aromatic heterocycles. The molecule has 1 N–H and O–H groups in total. The van der Waals surface area contributed by atoms with Crippen molar-refractivity contribution in [2.45, 2.75) is 29.4 Å². The fourth-order valence-corrected chi connectivity index (χ4v) is 3.88. The maximum atomic E-state index is 11.9. The minimum atomic E-state index is -0.0790. The summed E-state index contributed by atoms with van der Waals surface area (Å²) >= 11 is 8.53. The summed E-state index contributed by atoms with van der Waals surface area (Å²) in [7, 11) is 0. The largest absolute Gasteiger partial charge is 0.309 e. The van der Waals surface area contributed by atoms with Gasteiger partial charge in [-0.3, -0.25) is 4.79 Å². The van der Waals surface area contributed by atoms with Crippen LogP contribution in [0.4, 0.5) is 0 Å². The van der Waals surface area contributed by atoms with Gasteiger partial charge in [0.2, 0.25) is 0 Å². The fraction of sp³-hybridized carbons (Fsp3) is 0.286. The predicted octanol–water partition coefficient (Wildman–Crippen LogP) is 4.46. The highest BCUT2D eigenvalue weighted by atomic mass is 79.9. The molecule has 3 nitrogen and oxygen atoms in total. The van der Waals surface area contributed by atoms with Gasteiger partial charge in [0.05, 0.1) is 11.4 Å². The molecule has 0 amide bonds. The summed E-state index contributed by atoms with van der Waals surface area (Å²) in [5, 5.41) is 0. The number of aromatic nitrogens is 2. The number of aromatic amines is 1. The minimum Gasteiger partial charge on any atom is -0.309 e. The second kappa shape index (κ2) is 6.03. The maximum Gasteiger partial charge on any atom is 0.265 e. The van der Waals surface area contributed by atoms with E-state index in [9.17, 15) is 4.79 Å². The lowest BCUT2D eigenvalue weighted by Gasteiger charge is -2.06. The maximum absolute atomic E-state index is 11.9. The molecular weight excluding hydrogens is 404 g/mol. The lowest BCUT2D eigenvalue weighted by Crippen LogP contribution is -2.14. The number of benzene rings is 1. The van der Waals surface area contributed by atoms with Gasteiger partial charge < -0.3 is 4.98 Å². The highest BCUT2D eigenvalue weighted by Gasteiger charge is 2.28. The van der Waals surface area contributed by atoms with Gasteiger partial charge in [0.15, 0.2) is 0 Å². The topological polar surface area (TPSA) is 45.8 Å². The Morgan fingerprint density at radius 3 is 2.75 bits per heavy atom. The Labute approximate surface area is 137 Å². The van der Waals surface area contributed by atoms with E-state index < -0.39 is 0 Å². The summed E-state index contributed by atoms with van der Waals surface area (Å²) in [6.45, 7) is 0. The molecule has 20 heavy (non-hydrogen) atoms. The zero-order chi connectivity index (χ0) is 14.1. The molecule has 1 aromatic carbocycles. The van der Waals surface area contributed by atoms with E-state index in [1.807, 2.05) is 24.3 Å². The van der Waals surface area contributed by atoms with E-state index in [-0.39, 0.29) is 5.56 Å². The number of nitrogens with one attached hydrogen (secondary N) is 1. The molecule has 0 spiro atoms. The van der Waals surface area contributed by atoms with Crippen molar-refractivity contribution in [3.8, 4) is 0 Å². The first kappa shape index (κ1) is 14.4. The molecule has 1 fully saturated rings. The minimum absolute atomic E-state index is 0.0790. The van der Waals surface area contributed by atoms with Crippen LogP contribution in [0.2, 0.25) is 0 Å². The third-order valence-corrected chi connectivity index (χ3v) is 5.91. The van der Waals surface area contributed by atoms with Crippen molar-refractivity contribution in [2.75, 3.05) is 0 Å². The van der Waals surface area contributed by atoms with Gasteiger partial charge in [0.1, 0.15) is 10.3 Å². The zero-order valence-corrected chi connectivity index (χ0v) is 14.5. The van der Waals surface area contributed by atoms with E-state index in [4.69, 9.17) is 0 Å². The number of nitrogens with zero attached hydrogens (tertiary/aromatic N) is 1. The van der Waals surface area contributed by atoms with Crippen LogP contribution < -0.4 is 5.56 Å². The SMILES string of the molecule is O=c1[nH]c(CSc2ccccc2Br)nc(C2CC2)c1Br. The summed E-state index contributed by atoms with van der Waals surface area (Å²) in [5.41, 5.74) is 0.834. The fourth-order valence-electron chi connectivity index (χ4n) is 1.93. The number of hydrogen-bond acceptors (Lipinski definition) is 3. The van der Waals surface area contributed by atoms with Crippen molar-refractivity contribution in [3.05, 3.63) is 55.1 Å². The summed E-state index contributed by atoms with van der Waals surface area (Å²) in [4.78, 5) is 20.5. The van der Waals surface area contributed by atoms with Crippen molar-refractivity contribution in [3.63, 3.8) is 0 Å². The zero-order valence-electron chi connectivity index (χ0n) is 10.5. The molecule has 6 heteroatoms. The van der Waals surface area contributed by atoms with Gasteiger partial charge in [-0.1, -0.05) is 12.1 Å². The van der Waals surface area contributed by atoms with E-state index in [1.54, 1.807) is 11.8 Å². The Kier molecular flexibility index (Phi) is 4.33. The van der Waals surface area contributed by atoms with Crippen molar-refractivity contribution < 1.29 is 0 Å². The first-order valence-corrected chi connectivity index (χ1v) is 8.88. The normalized spacial score (nSPS) is 14.5. The summed E-state index contributed by atoms with van der Waals surface area (Å²) < 4.78 is 1.65. The Morgan fingerprint density at radius 2 is 2.05 bits per heavy atom. The van der Waals surface area contributed by atoms with Crippen LogP contribution >= 0.6 is 43.6 Å². The van der Waals surface area contributed by atoms with Gasteiger partial charge >= 0.3 is 0 Å². The Bertz CT molecular complexity index is 698. The van der Waals surface area contributed by atoms with Crippen molar-refractivity contribution in [1.29, 1.82) is 0 Å². The van der Waals surface area contributed by atoms with E-state index in [2.05, 4.69) is 41.8 Å². The number of thioether (sulfide) groups is 1. The monoisotopic (exact) mass is 414 g/mol. The van der Waals surface area contributed by atoms with Crippen molar-refractivity contribution >= 4 is 43.6 Å². The highest BCUT2D eigenvalue weighted by molar-refractivity contribution is 9.10. The molecule has 1 heterocycles. The lowest BCUT2D eigenvalue weighted by atomic mass is 10.3. The smallest absolute Gasteiger partial charge is 0.265 e. The Balaban J connectivity index is 1.81. The van der Waals surface area contributed by atoms with Gasteiger partial charge in [-0.2, -0.15) is 0 Å². The van der Waals surface area contributed by atoms with Crippen molar-refractivity contribution in [2.24, 2.45) is 0 Å². The quantitative estimate of drug-likeness (QED) is 0.749. The van der Waals surface area contributed by atoms with Crippen LogP contribution in [-0.2, 0) is 5.75 Å². The average molecular weight is 416 g/mol. The number of halogens is 2. The van der Waals surface area contributed by atoms with E-state index >= 15 is 0 Å². The predicted molar refractivity (Wildman–Crippen MR) is 88.2 cm³/mol. The molecule has 3 rings (SSSR count). The standard InChI is InChI=1S/C14H12Br2N2OS/c15-9-3-1-2-4-10(9)20-7-11-17-13(8-5-6-8)12(16)14(19)18-11/h1-4,8H,5-7H2,(H,17,18,19). The average Bonchev–Trinajstić information content (AvgIpc) is 3.26. The molecule has 0 saturated heterocycles. The van der Waals surface area contributed by atoms with E-state index in [0.29, 0.717) is 16.1 Å². The first-order chi connectivity index (χ1) is 9.65. The van der Waals surface area contributed by atoms with Crippen LogP contribution in [0.25, 0.3) is 0 Å². The molecule has 0 radical (unpaired) electrons. The number of H-pyrrole nitrogens is 1. The Morgan fingerprint density at radius 1 is 1.30 bits per heavy atom. The molecule has 0 atom stereocenters. The molecule has 0 bridgehead atoms. The Hall–Kier alpha value is -0.590.